The molecule has 1 unspecified atom stereocenters. The van der Waals surface area contributed by atoms with E-state index >= 15 is 0 Å². The van der Waals surface area contributed by atoms with Crippen LogP contribution in [0.3, 0.4) is 0 Å². The van der Waals surface area contributed by atoms with E-state index in [0.717, 1.165) is 42.7 Å². The lowest BCUT2D eigenvalue weighted by atomic mass is 9.97. The van der Waals surface area contributed by atoms with Gasteiger partial charge in [-0.05, 0) is 42.9 Å². The fraction of sp³-hybridized carbons (Fsp3) is 0.600. The van der Waals surface area contributed by atoms with Crippen molar-refractivity contribution in [2.75, 3.05) is 33.8 Å². The minimum atomic E-state index is -0.241. The highest BCUT2D eigenvalue weighted by Crippen LogP contribution is 2.17. The van der Waals surface area contributed by atoms with Crippen LogP contribution in [0.1, 0.15) is 31.7 Å². The molecule has 6 nitrogen and oxygen atoms in total. The quantitative estimate of drug-likeness (QED) is 0.310. The van der Waals surface area contributed by atoms with E-state index in [0.29, 0.717) is 25.0 Å². The van der Waals surface area contributed by atoms with Crippen molar-refractivity contribution in [2.45, 2.75) is 38.6 Å². The lowest BCUT2D eigenvalue weighted by molar-refractivity contribution is 0.111. The van der Waals surface area contributed by atoms with Crippen LogP contribution in [-0.2, 0) is 11.2 Å². The zero-order chi connectivity index (χ0) is 19.6. The normalized spacial score (nSPS) is 16.1. The number of piperidine rings is 1. The van der Waals surface area contributed by atoms with Gasteiger partial charge in [-0.25, -0.2) is 4.79 Å². The molecule has 2 N–H and O–H groups in total. The second kappa shape index (κ2) is 13.2. The monoisotopic (exact) mass is 566 g/mol. The van der Waals surface area contributed by atoms with Crippen LogP contribution in [0.25, 0.3) is 0 Å². The second-order valence-corrected chi connectivity index (χ2v) is 7.85. The summed E-state index contributed by atoms with van der Waals surface area (Å²) in [6, 6.07) is 8.82. The van der Waals surface area contributed by atoms with Gasteiger partial charge in [0, 0.05) is 37.2 Å². The first-order chi connectivity index (χ1) is 13.0. The lowest BCUT2D eigenvalue weighted by Crippen LogP contribution is -2.50. The van der Waals surface area contributed by atoms with Crippen LogP contribution in [0, 0.1) is 5.92 Å². The molecule has 0 bridgehead atoms. The Hall–Kier alpha value is -1.03. The number of rotatable bonds is 6. The Kier molecular flexibility index (Phi) is 11.8. The van der Waals surface area contributed by atoms with Gasteiger partial charge in [-0.1, -0.05) is 41.4 Å². The average Bonchev–Trinajstić information content (AvgIpc) is 2.69. The molecule has 1 atom stereocenters. The molecule has 158 valence electrons. The SMILES string of the molecule is CCC(CNC(=NC)NC1CCN(C(=O)OC)CC1)Cc1cccc(Br)c1.I. The minimum absolute atomic E-state index is 0. The lowest BCUT2D eigenvalue weighted by Gasteiger charge is -2.32. The van der Waals surface area contributed by atoms with Crippen LogP contribution in [0.2, 0.25) is 0 Å². The van der Waals surface area contributed by atoms with Crippen LogP contribution in [0.15, 0.2) is 33.7 Å². The molecule has 0 aromatic heterocycles. The first kappa shape index (κ1) is 25.0. The second-order valence-electron chi connectivity index (χ2n) is 6.94. The maximum absolute atomic E-state index is 11.6. The van der Waals surface area contributed by atoms with E-state index in [2.05, 4.69) is 62.7 Å². The number of nitrogens with zero attached hydrogens (tertiary/aromatic N) is 2. The summed E-state index contributed by atoms with van der Waals surface area (Å²) in [6.45, 7) is 4.52. The molecule has 1 heterocycles. The third-order valence-corrected chi connectivity index (χ3v) is 5.53. The predicted molar refractivity (Wildman–Crippen MR) is 129 cm³/mol. The van der Waals surface area contributed by atoms with Crippen molar-refractivity contribution in [3.63, 3.8) is 0 Å². The third-order valence-electron chi connectivity index (χ3n) is 5.04. The number of carbonyl (C=O) groups excluding carboxylic acids is 1. The maximum Gasteiger partial charge on any atom is 0.409 e. The molecular weight excluding hydrogens is 535 g/mol. The number of guanidine groups is 1. The van der Waals surface area contributed by atoms with E-state index in [9.17, 15) is 4.79 Å². The van der Waals surface area contributed by atoms with E-state index in [-0.39, 0.29) is 30.1 Å². The Labute approximate surface area is 194 Å². The summed E-state index contributed by atoms with van der Waals surface area (Å²) in [5.74, 6) is 1.37. The van der Waals surface area contributed by atoms with Crippen LogP contribution < -0.4 is 10.6 Å². The molecule has 1 aromatic carbocycles. The zero-order valence-electron chi connectivity index (χ0n) is 16.9. The number of amides is 1. The summed E-state index contributed by atoms with van der Waals surface area (Å²) in [6.07, 6.45) is 3.69. The molecule has 0 radical (unpaired) electrons. The van der Waals surface area contributed by atoms with Crippen molar-refractivity contribution >= 4 is 52.0 Å². The third kappa shape index (κ3) is 8.14. The summed E-state index contributed by atoms with van der Waals surface area (Å²) < 4.78 is 5.91. The van der Waals surface area contributed by atoms with Gasteiger partial charge in [-0.2, -0.15) is 0 Å². The van der Waals surface area contributed by atoms with Crippen molar-refractivity contribution in [3.8, 4) is 0 Å². The van der Waals surface area contributed by atoms with Crippen LogP contribution in [0.4, 0.5) is 4.79 Å². The van der Waals surface area contributed by atoms with Crippen LogP contribution in [-0.4, -0.2) is 56.8 Å². The number of methoxy groups -OCH3 is 1. The summed E-state index contributed by atoms with van der Waals surface area (Å²) in [5, 5.41) is 6.96. The van der Waals surface area contributed by atoms with E-state index in [1.165, 1.54) is 12.7 Å². The van der Waals surface area contributed by atoms with Crippen LogP contribution >= 0.6 is 39.9 Å². The molecule has 1 aliphatic rings. The van der Waals surface area contributed by atoms with E-state index in [4.69, 9.17) is 4.74 Å². The van der Waals surface area contributed by atoms with Crippen molar-refractivity contribution in [3.05, 3.63) is 34.3 Å². The van der Waals surface area contributed by atoms with Crippen molar-refractivity contribution in [1.29, 1.82) is 0 Å². The molecule has 28 heavy (non-hydrogen) atoms. The fourth-order valence-electron chi connectivity index (χ4n) is 3.32. The fourth-order valence-corrected chi connectivity index (χ4v) is 3.77. The molecule has 2 rings (SSSR count). The number of benzene rings is 1. The number of ether oxygens (including phenoxy) is 1. The summed E-state index contributed by atoms with van der Waals surface area (Å²) in [7, 11) is 3.23. The van der Waals surface area contributed by atoms with Gasteiger partial charge < -0.3 is 20.3 Å². The molecule has 0 saturated carbocycles. The van der Waals surface area contributed by atoms with E-state index in [1.807, 2.05) is 0 Å². The summed E-state index contributed by atoms with van der Waals surface area (Å²) in [5.41, 5.74) is 1.34. The van der Waals surface area contributed by atoms with Gasteiger partial charge in [-0.15, -0.1) is 24.0 Å². The van der Waals surface area contributed by atoms with Gasteiger partial charge in [0.15, 0.2) is 5.96 Å². The first-order valence-electron chi connectivity index (χ1n) is 9.60. The topological polar surface area (TPSA) is 66.0 Å². The number of carbonyl (C=O) groups is 1. The molecule has 1 fully saturated rings. The van der Waals surface area contributed by atoms with Gasteiger partial charge in [0.25, 0.3) is 0 Å². The minimum Gasteiger partial charge on any atom is -0.453 e. The van der Waals surface area contributed by atoms with Gasteiger partial charge in [-0.3, -0.25) is 4.99 Å². The number of hydrogen-bond acceptors (Lipinski definition) is 3. The predicted octanol–water partition coefficient (Wildman–Crippen LogP) is 4.03. The number of nitrogens with one attached hydrogen (secondary N) is 2. The Bertz CT molecular complexity index is 636. The van der Waals surface area contributed by atoms with E-state index < -0.39 is 0 Å². The molecular formula is C20H32BrIN4O2. The number of hydrogen-bond donors (Lipinski definition) is 2. The number of aliphatic imine (C=N–C) groups is 1. The molecule has 1 saturated heterocycles. The molecule has 1 amide bonds. The Balaban J connectivity index is 0.00000392. The Morgan fingerprint density at radius 3 is 2.68 bits per heavy atom. The Morgan fingerprint density at radius 1 is 1.39 bits per heavy atom. The largest absolute Gasteiger partial charge is 0.453 e. The van der Waals surface area contributed by atoms with E-state index in [1.54, 1.807) is 11.9 Å². The average molecular weight is 567 g/mol. The number of likely N-dealkylation sites (tertiary alicyclic amines) is 1. The first-order valence-corrected chi connectivity index (χ1v) is 10.4. The van der Waals surface area contributed by atoms with Gasteiger partial charge in [0.2, 0.25) is 0 Å². The molecule has 0 spiro atoms. The van der Waals surface area contributed by atoms with Gasteiger partial charge in [0.1, 0.15) is 0 Å². The maximum atomic E-state index is 11.6. The van der Waals surface area contributed by atoms with Crippen molar-refractivity contribution < 1.29 is 9.53 Å². The molecule has 1 aromatic rings. The smallest absolute Gasteiger partial charge is 0.409 e. The molecule has 1 aliphatic heterocycles. The number of halogens is 2. The molecule has 0 aliphatic carbocycles. The highest BCUT2D eigenvalue weighted by Gasteiger charge is 2.23. The van der Waals surface area contributed by atoms with Crippen molar-refractivity contribution in [1.82, 2.24) is 15.5 Å². The molecule has 8 heteroatoms. The standard InChI is InChI=1S/C20H31BrN4O2.HI/c1-4-15(12-16-6-5-7-17(21)13-16)14-23-19(22-2)24-18-8-10-25(11-9-18)20(26)27-3;/h5-7,13,15,18H,4,8-12,14H2,1-3H3,(H2,22,23,24);1H. The van der Waals surface area contributed by atoms with Gasteiger partial charge in [0.05, 0.1) is 7.11 Å². The summed E-state index contributed by atoms with van der Waals surface area (Å²) in [4.78, 5) is 17.7. The summed E-state index contributed by atoms with van der Waals surface area (Å²) >= 11 is 3.54. The van der Waals surface area contributed by atoms with Crippen molar-refractivity contribution in [2.24, 2.45) is 10.9 Å². The highest BCUT2D eigenvalue weighted by atomic mass is 127. The van der Waals surface area contributed by atoms with Gasteiger partial charge >= 0.3 is 6.09 Å². The highest BCUT2D eigenvalue weighted by molar-refractivity contribution is 14.0. The Morgan fingerprint density at radius 2 is 2.11 bits per heavy atom. The zero-order valence-corrected chi connectivity index (χ0v) is 20.8. The van der Waals surface area contributed by atoms with Crippen LogP contribution in [0.5, 0.6) is 0 Å².